The lowest BCUT2D eigenvalue weighted by Crippen LogP contribution is -2.09. The molecule has 0 spiro atoms. The van der Waals surface area contributed by atoms with Crippen molar-refractivity contribution >= 4 is 88.0 Å². The average molecular weight is 815 g/mol. The fourth-order valence-corrected chi connectivity index (χ4v) is 9.96. The highest BCUT2D eigenvalue weighted by molar-refractivity contribution is 6.36. The molecule has 12 rings (SSSR count). The maximum absolute atomic E-state index is 2.40. The number of hydrogen-bond donors (Lipinski definition) is 0. The number of benzene rings is 12. The van der Waals surface area contributed by atoms with E-state index in [0.717, 1.165) is 34.1 Å². The number of nitrogens with zero attached hydrogens (tertiary/aromatic N) is 2. The molecular weight excluding hydrogens is 773 g/mol. The number of fused-ring (bicyclic) bond motifs is 8. The quantitative estimate of drug-likeness (QED) is 0.111. The Morgan fingerprint density at radius 2 is 0.516 bits per heavy atom. The fourth-order valence-electron chi connectivity index (χ4n) is 9.96. The lowest BCUT2D eigenvalue weighted by atomic mass is 9.81. The van der Waals surface area contributed by atoms with E-state index in [-0.39, 0.29) is 0 Å². The van der Waals surface area contributed by atoms with Gasteiger partial charge in [0.05, 0.1) is 0 Å². The molecule has 0 aliphatic rings. The van der Waals surface area contributed by atoms with Crippen molar-refractivity contribution < 1.29 is 0 Å². The first-order valence-electron chi connectivity index (χ1n) is 22.0. The molecule has 0 aliphatic heterocycles. The minimum absolute atomic E-state index is 1.11. The predicted octanol–water partition coefficient (Wildman–Crippen LogP) is 17.7. The van der Waals surface area contributed by atoms with Crippen LogP contribution in [-0.4, -0.2) is 0 Å². The van der Waals surface area contributed by atoms with Crippen LogP contribution < -0.4 is 9.80 Å². The number of hydrogen-bond acceptors (Lipinski definition) is 2. The number of rotatable bonds is 8. The molecule has 0 heterocycles. The van der Waals surface area contributed by atoms with Crippen molar-refractivity contribution in [3.8, 4) is 22.3 Å². The lowest BCUT2D eigenvalue weighted by Gasteiger charge is -2.26. The number of para-hydroxylation sites is 4. The van der Waals surface area contributed by atoms with Gasteiger partial charge >= 0.3 is 0 Å². The molecule has 0 aliphatic carbocycles. The summed E-state index contributed by atoms with van der Waals surface area (Å²) in [5.74, 6) is 0. The summed E-state index contributed by atoms with van der Waals surface area (Å²) in [5.41, 5.74) is 11.6. The normalized spacial score (nSPS) is 11.4. The zero-order valence-electron chi connectivity index (χ0n) is 35.1. The van der Waals surface area contributed by atoms with E-state index in [4.69, 9.17) is 0 Å². The summed E-state index contributed by atoms with van der Waals surface area (Å²) in [7, 11) is 0. The molecule has 64 heavy (non-hydrogen) atoms. The second-order valence-corrected chi connectivity index (χ2v) is 16.4. The van der Waals surface area contributed by atoms with Crippen molar-refractivity contribution in [2.75, 3.05) is 9.80 Å². The Morgan fingerprint density at radius 3 is 0.984 bits per heavy atom. The van der Waals surface area contributed by atoms with Crippen molar-refractivity contribution in [3.05, 3.63) is 255 Å². The Morgan fingerprint density at radius 1 is 0.203 bits per heavy atom. The van der Waals surface area contributed by atoms with Crippen LogP contribution in [0.2, 0.25) is 0 Å². The molecular formula is C62H42N2. The van der Waals surface area contributed by atoms with Gasteiger partial charge in [0.1, 0.15) is 0 Å². The van der Waals surface area contributed by atoms with Gasteiger partial charge in [0.25, 0.3) is 0 Å². The Kier molecular flexibility index (Phi) is 9.20. The molecule has 2 nitrogen and oxygen atoms in total. The third kappa shape index (κ3) is 6.35. The molecule has 0 fully saturated rings. The summed E-state index contributed by atoms with van der Waals surface area (Å²) in [4.78, 5) is 4.66. The van der Waals surface area contributed by atoms with Crippen molar-refractivity contribution in [3.63, 3.8) is 0 Å². The van der Waals surface area contributed by atoms with Crippen molar-refractivity contribution in [1.82, 2.24) is 0 Å². The van der Waals surface area contributed by atoms with E-state index in [2.05, 4.69) is 265 Å². The van der Waals surface area contributed by atoms with Gasteiger partial charge in [-0.15, -0.1) is 0 Å². The van der Waals surface area contributed by atoms with E-state index in [9.17, 15) is 0 Å². The maximum atomic E-state index is 2.40. The highest BCUT2D eigenvalue weighted by atomic mass is 15.1. The summed E-state index contributed by atoms with van der Waals surface area (Å²) in [6, 6.07) is 92.6. The lowest BCUT2D eigenvalue weighted by molar-refractivity contribution is 1.28. The molecule has 0 unspecified atom stereocenters. The molecule has 2 heteroatoms. The van der Waals surface area contributed by atoms with Crippen LogP contribution in [0.1, 0.15) is 0 Å². The minimum Gasteiger partial charge on any atom is -0.311 e. The summed E-state index contributed by atoms with van der Waals surface area (Å²) < 4.78 is 0. The van der Waals surface area contributed by atoms with E-state index in [0.29, 0.717) is 0 Å². The Balaban J connectivity index is 1.09. The van der Waals surface area contributed by atoms with Crippen LogP contribution in [0, 0.1) is 0 Å². The summed E-state index contributed by atoms with van der Waals surface area (Å²) in [6.45, 7) is 0. The first-order chi connectivity index (χ1) is 31.8. The summed E-state index contributed by atoms with van der Waals surface area (Å²) in [5, 5.41) is 12.4. The van der Waals surface area contributed by atoms with Crippen LogP contribution in [0.3, 0.4) is 0 Å². The van der Waals surface area contributed by atoms with Crippen LogP contribution >= 0.6 is 0 Å². The van der Waals surface area contributed by atoms with E-state index in [1.807, 2.05) is 0 Å². The molecule has 0 saturated heterocycles. The number of anilines is 6. The van der Waals surface area contributed by atoms with Gasteiger partial charge in [-0.2, -0.15) is 0 Å². The molecule has 0 aromatic heterocycles. The van der Waals surface area contributed by atoms with Crippen LogP contribution in [0.25, 0.3) is 76.1 Å². The standard InChI is InChI=1S/C62H42N2/c1-5-19-47(20-6-1)63(48-21-7-2-8-22-48)51-38-35-43(36-39-51)59-57-31-17-18-32-58(57)60(62-56-30-16-14-28-54(56)53-27-13-15-29-55(53)61(59)62)46-34-33-45-42-52(40-37-44(45)41-46)64(49-23-9-3-10-24-49)50-25-11-4-12-26-50/h1-42H. The Labute approximate surface area is 373 Å². The second-order valence-electron chi connectivity index (χ2n) is 16.4. The van der Waals surface area contributed by atoms with Gasteiger partial charge in [0.2, 0.25) is 0 Å². The third-order valence-corrected chi connectivity index (χ3v) is 12.7. The van der Waals surface area contributed by atoms with E-state index < -0.39 is 0 Å². The van der Waals surface area contributed by atoms with Crippen LogP contribution in [-0.2, 0) is 0 Å². The average Bonchev–Trinajstić information content (AvgIpc) is 3.37. The van der Waals surface area contributed by atoms with Gasteiger partial charge < -0.3 is 9.80 Å². The molecule has 0 radical (unpaired) electrons. The maximum Gasteiger partial charge on any atom is 0.0468 e. The van der Waals surface area contributed by atoms with Gasteiger partial charge in [-0.3, -0.25) is 0 Å². The Bertz CT molecular complexity index is 3560. The zero-order chi connectivity index (χ0) is 42.4. The predicted molar refractivity (Wildman–Crippen MR) is 274 cm³/mol. The van der Waals surface area contributed by atoms with E-state index in [1.54, 1.807) is 0 Å². The van der Waals surface area contributed by atoms with Gasteiger partial charge in [0.15, 0.2) is 0 Å². The van der Waals surface area contributed by atoms with Crippen molar-refractivity contribution in [2.24, 2.45) is 0 Å². The van der Waals surface area contributed by atoms with Crippen LogP contribution in [0.5, 0.6) is 0 Å². The Hall–Kier alpha value is -8.46. The molecule has 12 aromatic carbocycles. The van der Waals surface area contributed by atoms with Gasteiger partial charge in [-0.05, 0) is 155 Å². The smallest absolute Gasteiger partial charge is 0.0468 e. The first kappa shape index (κ1) is 37.3. The molecule has 0 atom stereocenters. The monoisotopic (exact) mass is 814 g/mol. The highest BCUT2D eigenvalue weighted by Crippen LogP contribution is 2.50. The highest BCUT2D eigenvalue weighted by Gasteiger charge is 2.23. The van der Waals surface area contributed by atoms with Gasteiger partial charge in [0, 0.05) is 34.1 Å². The SMILES string of the molecule is c1ccc(N(c2ccccc2)c2ccc(-c3c4ccccc4c(-c4ccc5cc(N(c6ccccc6)c6ccccc6)ccc5c4)c4c5ccccc5c5ccccc5c34)cc2)cc1. The topological polar surface area (TPSA) is 6.48 Å². The molecule has 0 saturated carbocycles. The van der Waals surface area contributed by atoms with E-state index >= 15 is 0 Å². The van der Waals surface area contributed by atoms with Gasteiger partial charge in [-0.25, -0.2) is 0 Å². The van der Waals surface area contributed by atoms with Gasteiger partial charge in [-0.1, -0.05) is 176 Å². The fraction of sp³-hybridized carbons (Fsp3) is 0. The first-order valence-corrected chi connectivity index (χ1v) is 22.0. The molecule has 300 valence electrons. The zero-order valence-corrected chi connectivity index (χ0v) is 35.1. The molecule has 0 N–H and O–H groups in total. The second kappa shape index (κ2) is 15.8. The molecule has 0 amide bonds. The van der Waals surface area contributed by atoms with Crippen LogP contribution in [0.15, 0.2) is 255 Å². The van der Waals surface area contributed by atoms with Crippen molar-refractivity contribution in [2.45, 2.75) is 0 Å². The van der Waals surface area contributed by atoms with Crippen LogP contribution in [0.4, 0.5) is 34.1 Å². The molecule has 12 aromatic rings. The largest absolute Gasteiger partial charge is 0.311 e. The molecule has 0 bridgehead atoms. The minimum atomic E-state index is 1.11. The third-order valence-electron chi connectivity index (χ3n) is 12.7. The van der Waals surface area contributed by atoms with E-state index in [1.165, 1.54) is 76.1 Å². The summed E-state index contributed by atoms with van der Waals surface area (Å²) in [6.07, 6.45) is 0. The summed E-state index contributed by atoms with van der Waals surface area (Å²) >= 11 is 0. The van der Waals surface area contributed by atoms with Crippen molar-refractivity contribution in [1.29, 1.82) is 0 Å².